The Kier molecular flexibility index (Phi) is 5.12. The Morgan fingerprint density at radius 3 is 2.74 bits per heavy atom. The van der Waals surface area contributed by atoms with Crippen LogP contribution in [0.3, 0.4) is 0 Å². The number of carbonyl (C=O) groups is 1. The highest BCUT2D eigenvalue weighted by molar-refractivity contribution is 6.06. The highest BCUT2D eigenvalue weighted by atomic mass is 19.4. The largest absolute Gasteiger partial charge is 0.493 e. The summed E-state index contributed by atoms with van der Waals surface area (Å²) in [5.41, 5.74) is 1.65. The standard InChI is InChI=1S/C15H17F3N2O3/c1-3-4-7-22-12-6-5-10(8-11(12)15(16,17)18)13-9(2)23-14(21)20-19-13/h5-6,8-9H,3-4,7H2,1-2H3,(H,20,21)/t9-/m0/s1. The minimum absolute atomic E-state index is 0.215. The third kappa shape index (κ3) is 4.14. The van der Waals surface area contributed by atoms with Gasteiger partial charge in [0.25, 0.3) is 0 Å². The molecule has 0 radical (unpaired) electrons. The fourth-order valence-electron chi connectivity index (χ4n) is 2.10. The van der Waals surface area contributed by atoms with Crippen molar-refractivity contribution in [1.29, 1.82) is 0 Å². The molecule has 1 aliphatic rings. The average molecular weight is 330 g/mol. The molecule has 0 fully saturated rings. The van der Waals surface area contributed by atoms with Gasteiger partial charge in [0.1, 0.15) is 17.6 Å². The van der Waals surface area contributed by atoms with Crippen molar-refractivity contribution in [2.24, 2.45) is 5.10 Å². The number of amides is 1. The maximum absolute atomic E-state index is 13.2. The van der Waals surface area contributed by atoms with Crippen LogP contribution in [-0.4, -0.2) is 24.5 Å². The van der Waals surface area contributed by atoms with Gasteiger partial charge in [0, 0.05) is 5.56 Å². The first-order valence-corrected chi connectivity index (χ1v) is 7.21. The lowest BCUT2D eigenvalue weighted by molar-refractivity contribution is -0.139. The van der Waals surface area contributed by atoms with Crippen LogP contribution in [0.25, 0.3) is 0 Å². The van der Waals surface area contributed by atoms with Gasteiger partial charge >= 0.3 is 12.3 Å². The van der Waals surface area contributed by atoms with E-state index in [1.54, 1.807) is 0 Å². The van der Waals surface area contributed by atoms with E-state index in [2.05, 4.69) is 10.5 Å². The van der Waals surface area contributed by atoms with Crippen molar-refractivity contribution in [3.05, 3.63) is 29.3 Å². The van der Waals surface area contributed by atoms with Crippen molar-refractivity contribution in [2.75, 3.05) is 6.61 Å². The number of hydrazone groups is 1. The van der Waals surface area contributed by atoms with Gasteiger partial charge in [0.05, 0.1) is 12.2 Å². The molecule has 0 unspecified atom stereocenters. The van der Waals surface area contributed by atoms with E-state index in [4.69, 9.17) is 9.47 Å². The zero-order valence-electron chi connectivity index (χ0n) is 12.7. The van der Waals surface area contributed by atoms with Crippen molar-refractivity contribution in [2.45, 2.75) is 39.0 Å². The molecule has 0 spiro atoms. The second-order valence-corrected chi connectivity index (χ2v) is 5.07. The van der Waals surface area contributed by atoms with E-state index in [1.807, 2.05) is 6.92 Å². The molecule has 0 saturated heterocycles. The van der Waals surface area contributed by atoms with Gasteiger partial charge in [-0.3, -0.25) is 0 Å². The van der Waals surface area contributed by atoms with Gasteiger partial charge in [-0.1, -0.05) is 13.3 Å². The third-order valence-electron chi connectivity index (χ3n) is 3.27. The fraction of sp³-hybridized carbons (Fsp3) is 0.467. The maximum Gasteiger partial charge on any atom is 0.428 e. The van der Waals surface area contributed by atoms with E-state index < -0.39 is 23.9 Å². The molecule has 1 N–H and O–H groups in total. The van der Waals surface area contributed by atoms with Gasteiger partial charge in [-0.05, 0) is 31.5 Å². The second-order valence-electron chi connectivity index (χ2n) is 5.07. The van der Waals surface area contributed by atoms with Crippen molar-refractivity contribution in [3.63, 3.8) is 0 Å². The highest BCUT2D eigenvalue weighted by Gasteiger charge is 2.35. The summed E-state index contributed by atoms with van der Waals surface area (Å²) in [7, 11) is 0. The van der Waals surface area contributed by atoms with Gasteiger partial charge in [0.2, 0.25) is 0 Å². The monoisotopic (exact) mass is 330 g/mol. The number of nitrogens with zero attached hydrogens (tertiary/aromatic N) is 1. The first kappa shape index (κ1) is 17.1. The Hall–Kier alpha value is -2.25. The zero-order chi connectivity index (χ0) is 17.0. The van der Waals surface area contributed by atoms with E-state index in [0.717, 1.165) is 12.5 Å². The number of unbranched alkanes of at least 4 members (excludes halogenated alkanes) is 1. The first-order chi connectivity index (χ1) is 10.8. The first-order valence-electron chi connectivity index (χ1n) is 7.21. The summed E-state index contributed by atoms with van der Waals surface area (Å²) in [5, 5.41) is 3.77. The molecule has 1 aromatic rings. The number of rotatable bonds is 5. The van der Waals surface area contributed by atoms with E-state index in [-0.39, 0.29) is 23.6 Å². The molecule has 0 aliphatic carbocycles. The fourth-order valence-corrected chi connectivity index (χ4v) is 2.10. The second kappa shape index (κ2) is 6.89. The summed E-state index contributed by atoms with van der Waals surface area (Å²) in [5.74, 6) is -0.219. The molecule has 1 amide bonds. The van der Waals surface area contributed by atoms with Crippen LogP contribution in [0.5, 0.6) is 5.75 Å². The molecular formula is C15H17F3N2O3. The lowest BCUT2D eigenvalue weighted by Gasteiger charge is -2.21. The summed E-state index contributed by atoms with van der Waals surface area (Å²) in [6.07, 6.45) is -4.54. The number of alkyl halides is 3. The molecular weight excluding hydrogens is 313 g/mol. The van der Waals surface area contributed by atoms with Gasteiger partial charge in [-0.2, -0.15) is 18.3 Å². The normalized spacial score (nSPS) is 18.0. The van der Waals surface area contributed by atoms with Crippen LogP contribution in [-0.2, 0) is 10.9 Å². The summed E-state index contributed by atoms with van der Waals surface area (Å²) in [6, 6.07) is 3.68. The summed E-state index contributed by atoms with van der Waals surface area (Å²) < 4.78 is 49.9. The number of nitrogens with one attached hydrogen (secondary N) is 1. The molecule has 23 heavy (non-hydrogen) atoms. The number of hydrogen-bond acceptors (Lipinski definition) is 4. The molecule has 5 nitrogen and oxygen atoms in total. The summed E-state index contributed by atoms with van der Waals surface area (Å²) >= 11 is 0. The predicted molar refractivity (Wildman–Crippen MR) is 77.5 cm³/mol. The third-order valence-corrected chi connectivity index (χ3v) is 3.27. The highest BCUT2D eigenvalue weighted by Crippen LogP contribution is 2.37. The van der Waals surface area contributed by atoms with Crippen molar-refractivity contribution in [3.8, 4) is 5.75 Å². The molecule has 0 saturated carbocycles. The molecule has 126 valence electrons. The molecule has 1 aromatic carbocycles. The molecule has 1 atom stereocenters. The van der Waals surface area contributed by atoms with Crippen molar-refractivity contribution in [1.82, 2.24) is 5.43 Å². The van der Waals surface area contributed by atoms with Gasteiger partial charge in [0.15, 0.2) is 0 Å². The Bertz CT molecular complexity index is 614. The summed E-state index contributed by atoms with van der Waals surface area (Å²) in [4.78, 5) is 11.0. The lowest BCUT2D eigenvalue weighted by atomic mass is 10.0. The molecule has 8 heteroatoms. The molecule has 2 rings (SSSR count). The van der Waals surface area contributed by atoms with E-state index in [1.165, 1.54) is 19.1 Å². The lowest BCUT2D eigenvalue weighted by Crippen LogP contribution is -2.37. The molecule has 1 aliphatic heterocycles. The van der Waals surface area contributed by atoms with Crippen LogP contribution in [0, 0.1) is 0 Å². The number of hydrogen-bond donors (Lipinski definition) is 1. The predicted octanol–water partition coefficient (Wildman–Crippen LogP) is 3.72. The zero-order valence-corrected chi connectivity index (χ0v) is 12.7. The Balaban J connectivity index is 2.35. The van der Waals surface area contributed by atoms with E-state index >= 15 is 0 Å². The molecule has 0 bridgehead atoms. The SMILES string of the molecule is CCCCOc1ccc(C2=NNC(=O)O[C@H]2C)cc1C(F)(F)F. The van der Waals surface area contributed by atoms with Crippen LogP contribution in [0.2, 0.25) is 0 Å². The van der Waals surface area contributed by atoms with E-state index in [0.29, 0.717) is 6.42 Å². The van der Waals surface area contributed by atoms with Crippen molar-refractivity contribution >= 4 is 11.8 Å². The van der Waals surface area contributed by atoms with Crippen LogP contribution in [0.1, 0.15) is 37.8 Å². The average Bonchev–Trinajstić information content (AvgIpc) is 2.47. The van der Waals surface area contributed by atoms with Crippen LogP contribution < -0.4 is 10.2 Å². The number of benzene rings is 1. The molecule has 1 heterocycles. The van der Waals surface area contributed by atoms with Gasteiger partial charge in [-0.25, -0.2) is 10.2 Å². The smallest absolute Gasteiger partial charge is 0.428 e. The van der Waals surface area contributed by atoms with Gasteiger partial charge in [-0.15, -0.1) is 0 Å². The minimum atomic E-state index is -4.56. The quantitative estimate of drug-likeness (QED) is 0.837. The van der Waals surface area contributed by atoms with Crippen molar-refractivity contribution < 1.29 is 27.4 Å². The molecule has 0 aromatic heterocycles. The Morgan fingerprint density at radius 1 is 1.39 bits per heavy atom. The van der Waals surface area contributed by atoms with Crippen LogP contribution in [0.15, 0.2) is 23.3 Å². The number of halogens is 3. The number of ether oxygens (including phenoxy) is 2. The minimum Gasteiger partial charge on any atom is -0.493 e. The number of cyclic esters (lactones) is 1. The number of carbonyl (C=O) groups excluding carboxylic acids is 1. The van der Waals surface area contributed by atoms with Crippen LogP contribution >= 0.6 is 0 Å². The van der Waals surface area contributed by atoms with Crippen LogP contribution in [0.4, 0.5) is 18.0 Å². The topological polar surface area (TPSA) is 59.9 Å². The van der Waals surface area contributed by atoms with E-state index in [9.17, 15) is 18.0 Å². The maximum atomic E-state index is 13.2. The Labute approximate surface area is 131 Å². The Morgan fingerprint density at radius 2 is 2.13 bits per heavy atom. The summed E-state index contributed by atoms with van der Waals surface area (Å²) in [6.45, 7) is 3.68. The van der Waals surface area contributed by atoms with Gasteiger partial charge < -0.3 is 9.47 Å².